The van der Waals surface area contributed by atoms with Crippen LogP contribution in [0.4, 0.5) is 0 Å². The Balaban J connectivity index is 2.12. The second-order valence-corrected chi connectivity index (χ2v) is 4.63. The number of ether oxygens (including phenoxy) is 2. The van der Waals surface area contributed by atoms with Crippen LogP contribution in [-0.4, -0.2) is 29.8 Å². The average molecular weight is 287 g/mol. The average Bonchev–Trinajstić information content (AvgIpc) is 2.46. The zero-order chi connectivity index (χ0) is 15.2. The standard InChI is InChI=1S/C16H17NO4/c1-11-9-13(16(18)19)10-15(17-11)21-14-5-3-12(4-6-14)7-8-20-2/h3-6,9-10H,7-8H2,1-2H3,(H,18,19). The summed E-state index contributed by atoms with van der Waals surface area (Å²) in [5.41, 5.74) is 1.91. The van der Waals surface area contributed by atoms with Crippen LogP contribution in [0.1, 0.15) is 21.6 Å². The molecule has 2 rings (SSSR count). The molecule has 0 unspecified atom stereocenters. The molecule has 0 saturated heterocycles. The van der Waals surface area contributed by atoms with Gasteiger partial charge in [-0.25, -0.2) is 9.78 Å². The predicted molar refractivity (Wildman–Crippen MR) is 78.0 cm³/mol. The molecule has 1 heterocycles. The molecule has 0 amide bonds. The quantitative estimate of drug-likeness (QED) is 0.884. The molecule has 0 radical (unpaired) electrons. The molecular formula is C16H17NO4. The third-order valence-corrected chi connectivity index (χ3v) is 2.92. The fraction of sp³-hybridized carbons (Fsp3) is 0.250. The number of methoxy groups -OCH3 is 1. The van der Waals surface area contributed by atoms with Gasteiger partial charge in [0.25, 0.3) is 0 Å². The topological polar surface area (TPSA) is 68.7 Å². The number of carbonyl (C=O) groups is 1. The van der Waals surface area contributed by atoms with E-state index in [1.165, 1.54) is 12.1 Å². The molecule has 0 spiro atoms. The molecule has 5 heteroatoms. The third kappa shape index (κ3) is 4.29. The van der Waals surface area contributed by atoms with Gasteiger partial charge >= 0.3 is 5.97 Å². The zero-order valence-electron chi connectivity index (χ0n) is 12.0. The summed E-state index contributed by atoms with van der Waals surface area (Å²) < 4.78 is 10.6. The van der Waals surface area contributed by atoms with Crippen LogP contribution in [0.5, 0.6) is 11.6 Å². The molecule has 0 aliphatic carbocycles. The van der Waals surface area contributed by atoms with Crippen molar-refractivity contribution in [2.75, 3.05) is 13.7 Å². The van der Waals surface area contributed by atoms with Crippen LogP contribution in [0.2, 0.25) is 0 Å². The smallest absolute Gasteiger partial charge is 0.335 e. The maximum atomic E-state index is 11.0. The first kappa shape index (κ1) is 15.0. The van der Waals surface area contributed by atoms with E-state index in [9.17, 15) is 4.79 Å². The summed E-state index contributed by atoms with van der Waals surface area (Å²) in [4.78, 5) is 15.2. The normalized spacial score (nSPS) is 10.4. The fourth-order valence-electron chi connectivity index (χ4n) is 1.88. The highest BCUT2D eigenvalue weighted by atomic mass is 16.5. The van der Waals surface area contributed by atoms with Gasteiger partial charge in [-0.1, -0.05) is 12.1 Å². The lowest BCUT2D eigenvalue weighted by Crippen LogP contribution is -2.00. The van der Waals surface area contributed by atoms with Gasteiger partial charge in [-0.05, 0) is 37.1 Å². The Morgan fingerprint density at radius 1 is 1.24 bits per heavy atom. The Morgan fingerprint density at radius 2 is 1.95 bits per heavy atom. The van der Waals surface area contributed by atoms with Crippen LogP contribution < -0.4 is 4.74 Å². The van der Waals surface area contributed by atoms with Crippen molar-refractivity contribution in [3.05, 3.63) is 53.2 Å². The monoisotopic (exact) mass is 287 g/mol. The summed E-state index contributed by atoms with van der Waals surface area (Å²) in [6.45, 7) is 2.40. The van der Waals surface area contributed by atoms with Gasteiger partial charge in [-0.2, -0.15) is 0 Å². The van der Waals surface area contributed by atoms with Gasteiger partial charge in [0.15, 0.2) is 0 Å². The number of carboxylic acid groups (broad SMARTS) is 1. The summed E-state index contributed by atoms with van der Waals surface area (Å²) in [6.07, 6.45) is 0.836. The molecule has 1 aromatic carbocycles. The molecule has 0 bridgehead atoms. The van der Waals surface area contributed by atoms with Gasteiger partial charge < -0.3 is 14.6 Å². The van der Waals surface area contributed by atoms with Crippen molar-refractivity contribution in [1.29, 1.82) is 0 Å². The number of hydrogen-bond acceptors (Lipinski definition) is 4. The first-order valence-corrected chi connectivity index (χ1v) is 6.56. The Kier molecular flexibility index (Phi) is 4.90. The van der Waals surface area contributed by atoms with Gasteiger partial charge in [-0.3, -0.25) is 0 Å². The minimum Gasteiger partial charge on any atom is -0.478 e. The highest BCUT2D eigenvalue weighted by molar-refractivity contribution is 5.88. The number of benzene rings is 1. The van der Waals surface area contributed by atoms with Crippen molar-refractivity contribution in [2.24, 2.45) is 0 Å². The first-order valence-electron chi connectivity index (χ1n) is 6.56. The lowest BCUT2D eigenvalue weighted by molar-refractivity contribution is 0.0696. The highest BCUT2D eigenvalue weighted by Crippen LogP contribution is 2.21. The van der Waals surface area contributed by atoms with Crippen LogP contribution in [0, 0.1) is 6.92 Å². The van der Waals surface area contributed by atoms with Crippen molar-refractivity contribution in [1.82, 2.24) is 4.98 Å². The lowest BCUT2D eigenvalue weighted by Gasteiger charge is -2.07. The van der Waals surface area contributed by atoms with E-state index >= 15 is 0 Å². The molecule has 5 nitrogen and oxygen atoms in total. The number of aryl methyl sites for hydroxylation is 1. The maximum Gasteiger partial charge on any atom is 0.335 e. The zero-order valence-corrected chi connectivity index (χ0v) is 12.0. The molecule has 21 heavy (non-hydrogen) atoms. The molecule has 2 aromatic rings. The molecule has 0 aliphatic heterocycles. The van der Waals surface area contributed by atoms with Crippen LogP contribution in [0.15, 0.2) is 36.4 Å². The van der Waals surface area contributed by atoms with E-state index in [1.54, 1.807) is 14.0 Å². The Hall–Kier alpha value is -2.40. The van der Waals surface area contributed by atoms with Crippen molar-refractivity contribution in [3.8, 4) is 11.6 Å². The summed E-state index contributed by atoms with van der Waals surface area (Å²) >= 11 is 0. The fourth-order valence-corrected chi connectivity index (χ4v) is 1.88. The van der Waals surface area contributed by atoms with Crippen molar-refractivity contribution in [2.45, 2.75) is 13.3 Å². The van der Waals surface area contributed by atoms with Crippen molar-refractivity contribution < 1.29 is 19.4 Å². The van der Waals surface area contributed by atoms with E-state index in [-0.39, 0.29) is 11.4 Å². The van der Waals surface area contributed by atoms with E-state index < -0.39 is 5.97 Å². The van der Waals surface area contributed by atoms with Gasteiger partial charge in [0, 0.05) is 18.9 Å². The van der Waals surface area contributed by atoms with Crippen molar-refractivity contribution in [3.63, 3.8) is 0 Å². The second kappa shape index (κ2) is 6.85. The lowest BCUT2D eigenvalue weighted by atomic mass is 10.1. The molecule has 1 N–H and O–H groups in total. The summed E-state index contributed by atoms with van der Waals surface area (Å²) in [5.74, 6) is -0.108. The SMILES string of the molecule is COCCc1ccc(Oc2cc(C(=O)O)cc(C)n2)cc1. The van der Waals surface area contributed by atoms with E-state index in [0.717, 1.165) is 12.0 Å². The maximum absolute atomic E-state index is 11.0. The molecule has 0 fully saturated rings. The molecule has 1 aromatic heterocycles. The first-order chi connectivity index (χ1) is 10.1. The summed E-state index contributed by atoms with van der Waals surface area (Å²) in [7, 11) is 1.67. The molecule has 0 aliphatic rings. The molecule has 0 atom stereocenters. The molecular weight excluding hydrogens is 270 g/mol. The Labute approximate surface area is 123 Å². The summed E-state index contributed by atoms with van der Waals surface area (Å²) in [5, 5.41) is 9.02. The number of nitrogens with zero attached hydrogens (tertiary/aromatic N) is 1. The minimum atomic E-state index is -1.000. The number of aromatic carboxylic acids is 1. The van der Waals surface area contributed by atoms with E-state index in [2.05, 4.69) is 4.98 Å². The van der Waals surface area contributed by atoms with E-state index in [1.807, 2.05) is 24.3 Å². The van der Waals surface area contributed by atoms with E-state index in [0.29, 0.717) is 18.1 Å². The number of hydrogen-bond donors (Lipinski definition) is 1. The number of rotatable bonds is 6. The van der Waals surface area contributed by atoms with Gasteiger partial charge in [-0.15, -0.1) is 0 Å². The largest absolute Gasteiger partial charge is 0.478 e. The van der Waals surface area contributed by atoms with Gasteiger partial charge in [0.2, 0.25) is 5.88 Å². The van der Waals surface area contributed by atoms with Gasteiger partial charge in [0.05, 0.1) is 12.2 Å². The number of carboxylic acids is 1. The van der Waals surface area contributed by atoms with Gasteiger partial charge in [0.1, 0.15) is 5.75 Å². The van der Waals surface area contributed by atoms with E-state index in [4.69, 9.17) is 14.6 Å². The van der Waals surface area contributed by atoms with Crippen LogP contribution in [0.25, 0.3) is 0 Å². The summed E-state index contributed by atoms with van der Waals surface area (Å²) in [6, 6.07) is 10.5. The highest BCUT2D eigenvalue weighted by Gasteiger charge is 2.08. The van der Waals surface area contributed by atoms with Crippen LogP contribution >= 0.6 is 0 Å². The van der Waals surface area contributed by atoms with Crippen LogP contribution in [0.3, 0.4) is 0 Å². The number of pyridine rings is 1. The molecule has 110 valence electrons. The minimum absolute atomic E-state index is 0.161. The van der Waals surface area contributed by atoms with Crippen molar-refractivity contribution >= 4 is 5.97 Å². The Bertz CT molecular complexity index is 623. The predicted octanol–water partition coefficient (Wildman–Crippen LogP) is 3.07. The Morgan fingerprint density at radius 3 is 2.57 bits per heavy atom. The number of aromatic nitrogens is 1. The third-order valence-electron chi connectivity index (χ3n) is 2.92. The second-order valence-electron chi connectivity index (χ2n) is 4.63. The molecule has 0 saturated carbocycles. The van der Waals surface area contributed by atoms with Crippen LogP contribution in [-0.2, 0) is 11.2 Å².